The van der Waals surface area contributed by atoms with Crippen molar-refractivity contribution in [2.24, 2.45) is 0 Å². The Hall–Kier alpha value is -1.39. The average molecular weight is 204 g/mol. The first-order chi connectivity index (χ1) is 7.40. The van der Waals surface area contributed by atoms with E-state index < -0.39 is 0 Å². The lowest BCUT2D eigenvalue weighted by atomic mass is 10.2. The van der Waals surface area contributed by atoms with Crippen molar-refractivity contribution in [2.45, 2.75) is 6.54 Å². The lowest BCUT2D eigenvalue weighted by Gasteiger charge is -2.04. The van der Waals surface area contributed by atoms with Crippen molar-refractivity contribution in [1.29, 1.82) is 0 Å². The third-order valence-electron chi connectivity index (χ3n) is 2.39. The van der Waals surface area contributed by atoms with E-state index in [-0.39, 0.29) is 0 Å². The van der Waals surface area contributed by atoms with E-state index in [0.29, 0.717) is 0 Å². The Kier molecular flexibility index (Phi) is 3.32. The molecule has 0 saturated heterocycles. The predicted octanol–water partition coefficient (Wildman–Crippen LogP) is 0.872. The van der Waals surface area contributed by atoms with Gasteiger partial charge in [0.1, 0.15) is 0 Å². The number of aromatic amines is 1. The van der Waals surface area contributed by atoms with Crippen molar-refractivity contribution in [2.75, 3.05) is 20.1 Å². The molecular formula is C11H16N4. The first-order valence-electron chi connectivity index (χ1n) is 5.17. The molecule has 80 valence electrons. The third-order valence-corrected chi connectivity index (χ3v) is 2.39. The van der Waals surface area contributed by atoms with Crippen LogP contribution in [0.4, 0.5) is 0 Å². The van der Waals surface area contributed by atoms with Gasteiger partial charge in [0, 0.05) is 25.0 Å². The zero-order valence-corrected chi connectivity index (χ0v) is 8.88. The highest BCUT2D eigenvalue weighted by Gasteiger charge is 1.97. The summed E-state index contributed by atoms with van der Waals surface area (Å²) in [6.45, 7) is 2.88. The van der Waals surface area contributed by atoms with Crippen molar-refractivity contribution in [3.63, 3.8) is 0 Å². The number of nitrogens with one attached hydrogen (secondary N) is 3. The van der Waals surface area contributed by atoms with Crippen molar-refractivity contribution < 1.29 is 0 Å². The fourth-order valence-corrected chi connectivity index (χ4v) is 1.54. The lowest BCUT2D eigenvalue weighted by Crippen LogP contribution is -2.24. The Morgan fingerprint density at radius 2 is 2.27 bits per heavy atom. The predicted molar refractivity (Wildman–Crippen MR) is 61.7 cm³/mol. The van der Waals surface area contributed by atoms with Gasteiger partial charge >= 0.3 is 0 Å². The van der Waals surface area contributed by atoms with Gasteiger partial charge in [-0.1, -0.05) is 12.1 Å². The van der Waals surface area contributed by atoms with Gasteiger partial charge in [-0.2, -0.15) is 5.10 Å². The molecule has 1 aromatic carbocycles. The first-order valence-corrected chi connectivity index (χ1v) is 5.17. The van der Waals surface area contributed by atoms with Crippen LogP contribution in [0.2, 0.25) is 0 Å². The summed E-state index contributed by atoms with van der Waals surface area (Å²) in [6, 6.07) is 6.35. The Labute approximate surface area is 89.1 Å². The number of likely N-dealkylation sites (N-methyl/N-ethyl adjacent to an activating group) is 1. The smallest absolute Gasteiger partial charge is 0.0653 e. The maximum Gasteiger partial charge on any atom is 0.0653 e. The molecule has 4 heteroatoms. The number of H-pyrrole nitrogens is 1. The molecule has 0 aliphatic carbocycles. The van der Waals surface area contributed by atoms with E-state index in [1.54, 1.807) is 0 Å². The quantitative estimate of drug-likeness (QED) is 0.633. The van der Waals surface area contributed by atoms with Gasteiger partial charge in [-0.05, 0) is 18.7 Å². The molecule has 0 atom stereocenters. The second-order valence-corrected chi connectivity index (χ2v) is 3.57. The minimum atomic E-state index is 0.899. The molecule has 15 heavy (non-hydrogen) atoms. The summed E-state index contributed by atoms with van der Waals surface area (Å²) in [7, 11) is 1.96. The van der Waals surface area contributed by atoms with E-state index in [2.05, 4.69) is 39.0 Å². The summed E-state index contributed by atoms with van der Waals surface area (Å²) in [4.78, 5) is 0. The van der Waals surface area contributed by atoms with Crippen molar-refractivity contribution in [1.82, 2.24) is 20.8 Å². The number of fused-ring (bicyclic) bond motifs is 1. The van der Waals surface area contributed by atoms with Gasteiger partial charge in [-0.15, -0.1) is 0 Å². The Morgan fingerprint density at radius 3 is 3.13 bits per heavy atom. The summed E-state index contributed by atoms with van der Waals surface area (Å²) in [6.07, 6.45) is 1.84. The van der Waals surface area contributed by atoms with Crippen molar-refractivity contribution in [3.8, 4) is 0 Å². The zero-order chi connectivity index (χ0) is 10.5. The highest BCUT2D eigenvalue weighted by atomic mass is 15.1. The van der Waals surface area contributed by atoms with Gasteiger partial charge in [0.2, 0.25) is 0 Å². The van der Waals surface area contributed by atoms with Gasteiger partial charge in [-0.25, -0.2) is 0 Å². The second kappa shape index (κ2) is 4.91. The Balaban J connectivity index is 1.96. The van der Waals surface area contributed by atoms with Crippen LogP contribution in [0.15, 0.2) is 24.4 Å². The third kappa shape index (κ3) is 2.55. The molecule has 2 rings (SSSR count). The monoisotopic (exact) mass is 204 g/mol. The minimum Gasteiger partial charge on any atom is -0.318 e. The standard InChI is InChI=1S/C11H16N4/c1-12-4-5-13-7-9-2-3-10-8-14-15-11(10)6-9/h2-3,6,8,12-13H,4-5,7H2,1H3,(H,14,15). The summed E-state index contributed by atoms with van der Waals surface area (Å²) in [5.74, 6) is 0. The Morgan fingerprint density at radius 1 is 1.33 bits per heavy atom. The van der Waals surface area contributed by atoms with Crippen LogP contribution in [0.1, 0.15) is 5.56 Å². The van der Waals surface area contributed by atoms with Crippen LogP contribution in [0.3, 0.4) is 0 Å². The highest BCUT2D eigenvalue weighted by Crippen LogP contribution is 2.12. The largest absolute Gasteiger partial charge is 0.318 e. The number of rotatable bonds is 5. The topological polar surface area (TPSA) is 52.7 Å². The van der Waals surface area contributed by atoms with E-state index in [4.69, 9.17) is 0 Å². The molecule has 0 amide bonds. The molecule has 1 heterocycles. The van der Waals surface area contributed by atoms with Crippen LogP contribution in [-0.4, -0.2) is 30.3 Å². The minimum absolute atomic E-state index is 0.899. The SMILES string of the molecule is CNCCNCc1ccc2cn[nH]c2c1. The number of hydrogen-bond acceptors (Lipinski definition) is 3. The molecule has 2 aromatic rings. The Bertz CT molecular complexity index is 421. The highest BCUT2D eigenvalue weighted by molar-refractivity contribution is 5.78. The van der Waals surface area contributed by atoms with Crippen LogP contribution >= 0.6 is 0 Å². The van der Waals surface area contributed by atoms with Crippen molar-refractivity contribution >= 4 is 10.9 Å². The van der Waals surface area contributed by atoms with E-state index in [1.165, 1.54) is 5.56 Å². The number of hydrogen-bond donors (Lipinski definition) is 3. The number of benzene rings is 1. The molecule has 0 bridgehead atoms. The van der Waals surface area contributed by atoms with E-state index in [9.17, 15) is 0 Å². The zero-order valence-electron chi connectivity index (χ0n) is 8.88. The first kappa shape index (κ1) is 10.1. The average Bonchev–Trinajstić information content (AvgIpc) is 2.71. The van der Waals surface area contributed by atoms with Gasteiger partial charge in [-0.3, -0.25) is 5.10 Å². The summed E-state index contributed by atoms with van der Waals surface area (Å²) >= 11 is 0. The van der Waals surface area contributed by atoms with Gasteiger partial charge in [0.25, 0.3) is 0 Å². The second-order valence-electron chi connectivity index (χ2n) is 3.57. The maximum atomic E-state index is 4.00. The van der Waals surface area contributed by atoms with Crippen LogP contribution in [0.5, 0.6) is 0 Å². The van der Waals surface area contributed by atoms with Crippen molar-refractivity contribution in [3.05, 3.63) is 30.0 Å². The molecular weight excluding hydrogens is 188 g/mol. The van der Waals surface area contributed by atoms with Gasteiger partial charge < -0.3 is 10.6 Å². The molecule has 0 radical (unpaired) electrons. The molecule has 0 saturated carbocycles. The molecule has 0 aliphatic heterocycles. The molecule has 1 aromatic heterocycles. The molecule has 0 fully saturated rings. The van der Waals surface area contributed by atoms with Crippen LogP contribution in [-0.2, 0) is 6.54 Å². The molecule has 0 aliphatic rings. The summed E-state index contributed by atoms with van der Waals surface area (Å²) in [5.41, 5.74) is 2.38. The van der Waals surface area contributed by atoms with Crippen LogP contribution in [0, 0.1) is 0 Å². The normalized spacial score (nSPS) is 11.0. The van der Waals surface area contributed by atoms with Gasteiger partial charge in [0.15, 0.2) is 0 Å². The van der Waals surface area contributed by atoms with Crippen LogP contribution in [0.25, 0.3) is 10.9 Å². The summed E-state index contributed by atoms with van der Waals surface area (Å²) < 4.78 is 0. The maximum absolute atomic E-state index is 4.00. The number of nitrogens with zero attached hydrogens (tertiary/aromatic N) is 1. The fourth-order valence-electron chi connectivity index (χ4n) is 1.54. The lowest BCUT2D eigenvalue weighted by molar-refractivity contribution is 0.651. The van der Waals surface area contributed by atoms with Crippen LogP contribution < -0.4 is 10.6 Å². The van der Waals surface area contributed by atoms with E-state index >= 15 is 0 Å². The molecule has 0 unspecified atom stereocenters. The van der Waals surface area contributed by atoms with Gasteiger partial charge in [0.05, 0.1) is 11.7 Å². The van der Waals surface area contributed by atoms with E-state index in [1.807, 2.05) is 13.2 Å². The molecule has 4 nitrogen and oxygen atoms in total. The number of aromatic nitrogens is 2. The molecule has 3 N–H and O–H groups in total. The molecule has 0 spiro atoms. The fraction of sp³-hybridized carbons (Fsp3) is 0.364. The van der Waals surface area contributed by atoms with E-state index in [0.717, 1.165) is 30.5 Å². The summed E-state index contributed by atoms with van der Waals surface area (Å²) in [5, 5.41) is 14.6.